The quantitative estimate of drug-likeness (QED) is 0.565. The molecule has 0 heterocycles. The molecule has 2 fully saturated rings. The highest BCUT2D eigenvalue weighted by Crippen LogP contribution is 2.66. The molecule has 3 rings (SSSR count). The average molecular weight is 350 g/mol. The van der Waals surface area contributed by atoms with E-state index in [1.54, 1.807) is 0 Å². The molecule has 0 spiro atoms. The van der Waals surface area contributed by atoms with E-state index in [4.69, 9.17) is 8.37 Å². The van der Waals surface area contributed by atoms with Crippen molar-refractivity contribution in [1.29, 1.82) is 0 Å². The molecule has 0 aliphatic heterocycles. The lowest BCUT2D eigenvalue weighted by molar-refractivity contribution is -0.104. The van der Waals surface area contributed by atoms with Crippen LogP contribution in [-0.4, -0.2) is 41.6 Å². The molecule has 0 aromatic carbocycles. The molecule has 8 heteroatoms. The van der Waals surface area contributed by atoms with Gasteiger partial charge in [-0.25, -0.2) is 0 Å². The van der Waals surface area contributed by atoms with Gasteiger partial charge in [0.2, 0.25) is 0 Å². The summed E-state index contributed by atoms with van der Waals surface area (Å²) < 4.78 is 56.5. The van der Waals surface area contributed by atoms with Crippen LogP contribution in [-0.2, 0) is 28.6 Å². The van der Waals surface area contributed by atoms with Gasteiger partial charge in [0.25, 0.3) is 20.2 Å². The Kier molecular flexibility index (Phi) is 3.75. The zero-order valence-corrected chi connectivity index (χ0v) is 14.5. The third-order valence-electron chi connectivity index (χ3n) is 5.35. The van der Waals surface area contributed by atoms with Crippen molar-refractivity contribution >= 4 is 20.2 Å². The van der Waals surface area contributed by atoms with Gasteiger partial charge in [0.05, 0.1) is 12.5 Å². The number of hydrogen-bond donors (Lipinski definition) is 0. The van der Waals surface area contributed by atoms with E-state index < -0.39 is 32.4 Å². The van der Waals surface area contributed by atoms with E-state index in [1.165, 1.54) is 0 Å². The lowest BCUT2D eigenvalue weighted by Crippen LogP contribution is -2.59. The number of rotatable bonds is 4. The first-order chi connectivity index (χ1) is 10.0. The van der Waals surface area contributed by atoms with Gasteiger partial charge in [0.1, 0.15) is 12.2 Å². The number of allylic oxidation sites excluding steroid dienone is 2. The highest BCUT2D eigenvalue weighted by Gasteiger charge is 2.61. The molecule has 4 atom stereocenters. The zero-order valence-electron chi connectivity index (χ0n) is 12.8. The van der Waals surface area contributed by atoms with Crippen molar-refractivity contribution in [3.05, 3.63) is 12.2 Å². The van der Waals surface area contributed by atoms with Crippen LogP contribution < -0.4 is 0 Å². The Balaban J connectivity index is 1.91. The molecule has 22 heavy (non-hydrogen) atoms. The van der Waals surface area contributed by atoms with Crippen LogP contribution in [0.15, 0.2) is 12.2 Å². The maximum absolute atomic E-state index is 11.5. The van der Waals surface area contributed by atoms with E-state index in [-0.39, 0.29) is 10.8 Å². The minimum atomic E-state index is -3.67. The van der Waals surface area contributed by atoms with Crippen LogP contribution in [0.2, 0.25) is 0 Å². The number of hydrogen-bond acceptors (Lipinski definition) is 6. The first-order valence-corrected chi connectivity index (χ1v) is 11.1. The highest BCUT2D eigenvalue weighted by atomic mass is 32.2. The smallest absolute Gasteiger partial charge is 0.264 e. The summed E-state index contributed by atoms with van der Waals surface area (Å²) in [6.07, 6.45) is 9.99. The minimum absolute atomic E-state index is 0.0576. The Labute approximate surface area is 132 Å². The van der Waals surface area contributed by atoms with E-state index in [1.807, 2.05) is 0 Å². The topological polar surface area (TPSA) is 86.7 Å². The molecule has 0 amide bonds. The lowest BCUT2D eigenvalue weighted by atomic mass is 9.43. The van der Waals surface area contributed by atoms with E-state index in [0.29, 0.717) is 12.8 Å². The summed E-state index contributed by atoms with van der Waals surface area (Å²) in [6.45, 7) is 0. The van der Waals surface area contributed by atoms with Gasteiger partial charge < -0.3 is 0 Å². The molecular weight excluding hydrogens is 328 g/mol. The first kappa shape index (κ1) is 16.4. The summed E-state index contributed by atoms with van der Waals surface area (Å²) in [6, 6.07) is 0. The van der Waals surface area contributed by atoms with Crippen LogP contribution in [0.3, 0.4) is 0 Å². The van der Waals surface area contributed by atoms with Crippen molar-refractivity contribution in [3.8, 4) is 0 Å². The molecule has 126 valence electrons. The summed E-state index contributed by atoms with van der Waals surface area (Å²) in [7, 11) is -7.34. The second-order valence-corrected chi connectivity index (χ2v) is 10.1. The second kappa shape index (κ2) is 5.03. The highest BCUT2D eigenvalue weighted by molar-refractivity contribution is 7.86. The predicted octanol–water partition coefficient (Wildman–Crippen LogP) is 1.59. The standard InChI is InChI=1S/C14H22O6S2/c1-21(15,16)19-11-9-13-5-3-4-6-14(13,8-7-13)10-12(11)20-22(2,17)18/h7-8,11-12H,3-6,9-10H2,1-2H3/t11-,12-,13-,14+/m1/s1. The molecule has 0 aromatic rings. The SMILES string of the molecule is CS(=O)(=O)O[C@@H]1C[C@@]23C=C[C@@]2(CCCC3)C[C@H]1OS(C)(=O)=O. The van der Waals surface area contributed by atoms with E-state index in [9.17, 15) is 16.8 Å². The Morgan fingerprint density at radius 2 is 1.18 bits per heavy atom. The van der Waals surface area contributed by atoms with Gasteiger partial charge in [-0.15, -0.1) is 0 Å². The summed E-state index contributed by atoms with van der Waals surface area (Å²) in [4.78, 5) is 0. The van der Waals surface area contributed by atoms with E-state index in [0.717, 1.165) is 38.2 Å². The molecule has 0 bridgehead atoms. The normalized spacial score (nSPS) is 41.4. The molecule has 3 aliphatic carbocycles. The Bertz CT molecular complexity index is 635. The molecule has 0 N–H and O–H groups in total. The Morgan fingerprint density at radius 1 is 0.818 bits per heavy atom. The fourth-order valence-electron chi connectivity index (χ4n) is 4.47. The Morgan fingerprint density at radius 3 is 1.45 bits per heavy atom. The van der Waals surface area contributed by atoms with E-state index in [2.05, 4.69) is 12.2 Å². The molecule has 2 saturated carbocycles. The van der Waals surface area contributed by atoms with Gasteiger partial charge in [-0.3, -0.25) is 8.37 Å². The van der Waals surface area contributed by atoms with Crippen molar-refractivity contribution in [2.45, 2.75) is 50.7 Å². The van der Waals surface area contributed by atoms with Crippen molar-refractivity contribution in [2.24, 2.45) is 10.8 Å². The third-order valence-corrected chi connectivity index (χ3v) is 6.54. The third kappa shape index (κ3) is 2.86. The van der Waals surface area contributed by atoms with Crippen LogP contribution in [0.5, 0.6) is 0 Å². The summed E-state index contributed by atoms with van der Waals surface area (Å²) in [5.74, 6) is 0. The molecule has 0 aromatic heterocycles. The van der Waals surface area contributed by atoms with Crippen LogP contribution in [0, 0.1) is 10.8 Å². The van der Waals surface area contributed by atoms with Crippen LogP contribution in [0.4, 0.5) is 0 Å². The van der Waals surface area contributed by atoms with Crippen molar-refractivity contribution in [2.75, 3.05) is 12.5 Å². The van der Waals surface area contributed by atoms with Gasteiger partial charge in [0.15, 0.2) is 0 Å². The molecule has 0 unspecified atom stereocenters. The van der Waals surface area contributed by atoms with Crippen molar-refractivity contribution in [3.63, 3.8) is 0 Å². The average Bonchev–Trinajstić information content (AvgIpc) is 2.31. The molecule has 6 nitrogen and oxygen atoms in total. The predicted molar refractivity (Wildman–Crippen MR) is 81.1 cm³/mol. The van der Waals surface area contributed by atoms with E-state index >= 15 is 0 Å². The first-order valence-electron chi connectivity index (χ1n) is 7.51. The zero-order chi connectivity index (χ0) is 16.2. The minimum Gasteiger partial charge on any atom is -0.264 e. The van der Waals surface area contributed by atoms with Gasteiger partial charge in [0, 0.05) is 10.8 Å². The molecule has 0 radical (unpaired) electrons. The second-order valence-electron chi connectivity index (χ2n) is 6.94. The van der Waals surface area contributed by atoms with Crippen LogP contribution in [0.25, 0.3) is 0 Å². The molecule has 3 aliphatic rings. The van der Waals surface area contributed by atoms with Gasteiger partial charge in [-0.05, 0) is 25.7 Å². The summed E-state index contributed by atoms with van der Waals surface area (Å²) >= 11 is 0. The van der Waals surface area contributed by atoms with Crippen molar-refractivity contribution < 1.29 is 25.2 Å². The fourth-order valence-corrected chi connectivity index (χ4v) is 5.75. The molecular formula is C14H22O6S2. The Hall–Kier alpha value is -0.440. The van der Waals surface area contributed by atoms with Gasteiger partial charge >= 0.3 is 0 Å². The summed E-state index contributed by atoms with van der Waals surface area (Å²) in [5.41, 5.74) is -0.115. The van der Waals surface area contributed by atoms with Crippen LogP contribution in [0.1, 0.15) is 38.5 Å². The monoisotopic (exact) mass is 350 g/mol. The van der Waals surface area contributed by atoms with Crippen molar-refractivity contribution in [1.82, 2.24) is 0 Å². The summed E-state index contributed by atoms with van der Waals surface area (Å²) in [5, 5.41) is 0. The molecule has 0 saturated heterocycles. The maximum Gasteiger partial charge on any atom is 0.264 e. The largest absolute Gasteiger partial charge is 0.264 e. The fraction of sp³-hybridized carbons (Fsp3) is 0.857. The lowest BCUT2D eigenvalue weighted by Gasteiger charge is -2.62. The maximum atomic E-state index is 11.5. The van der Waals surface area contributed by atoms with Gasteiger partial charge in [-0.2, -0.15) is 16.8 Å². The van der Waals surface area contributed by atoms with Crippen LogP contribution >= 0.6 is 0 Å². The van der Waals surface area contributed by atoms with Gasteiger partial charge in [-0.1, -0.05) is 25.0 Å².